The number of nitrogens with one attached hydrogen (secondary N) is 1. The summed E-state index contributed by atoms with van der Waals surface area (Å²) in [6, 6.07) is 8.35. The van der Waals surface area contributed by atoms with Crippen LogP contribution in [-0.2, 0) is 6.42 Å². The van der Waals surface area contributed by atoms with Crippen LogP contribution in [0.25, 0.3) is 11.3 Å². The van der Waals surface area contributed by atoms with Gasteiger partial charge in [0.05, 0.1) is 5.69 Å². The van der Waals surface area contributed by atoms with Gasteiger partial charge in [0.1, 0.15) is 31.2 Å². The zero-order valence-corrected chi connectivity index (χ0v) is 16.5. The lowest BCUT2D eigenvalue weighted by molar-refractivity contribution is 0.163. The summed E-state index contributed by atoms with van der Waals surface area (Å²) in [5, 5.41) is 4.99. The number of anilines is 2. The predicted molar refractivity (Wildman–Crippen MR) is 112 cm³/mol. The molecule has 0 bridgehead atoms. The SMILES string of the molecule is NN(CCc1ccnc2c1OCCO2)c1cc(-c2ccc(NC3CC3)nc2)ncn1. The quantitative estimate of drug-likeness (QED) is 0.451. The van der Waals surface area contributed by atoms with Gasteiger partial charge in [0.25, 0.3) is 5.88 Å². The fraction of sp³-hybridized carbons (Fsp3) is 0.333. The molecular weight excluding hydrogens is 382 g/mol. The number of nitrogens with zero attached hydrogens (tertiary/aromatic N) is 5. The van der Waals surface area contributed by atoms with Gasteiger partial charge in [-0.1, -0.05) is 0 Å². The van der Waals surface area contributed by atoms with Crippen molar-refractivity contribution >= 4 is 11.6 Å². The summed E-state index contributed by atoms with van der Waals surface area (Å²) in [6.07, 6.45) is 8.16. The second-order valence-electron chi connectivity index (χ2n) is 7.36. The molecule has 0 saturated heterocycles. The third-order valence-electron chi connectivity index (χ3n) is 5.08. The number of pyridine rings is 2. The predicted octanol–water partition coefficient (Wildman–Crippen LogP) is 2.20. The minimum absolute atomic E-state index is 0.517. The Balaban J connectivity index is 1.27. The van der Waals surface area contributed by atoms with Crippen molar-refractivity contribution in [2.75, 3.05) is 30.1 Å². The highest BCUT2D eigenvalue weighted by molar-refractivity contribution is 5.63. The van der Waals surface area contributed by atoms with Gasteiger partial charge in [-0.3, -0.25) is 5.01 Å². The summed E-state index contributed by atoms with van der Waals surface area (Å²) in [7, 11) is 0. The van der Waals surface area contributed by atoms with E-state index in [1.807, 2.05) is 30.5 Å². The van der Waals surface area contributed by atoms with E-state index < -0.39 is 0 Å². The zero-order chi connectivity index (χ0) is 20.3. The number of fused-ring (bicyclic) bond motifs is 1. The number of aromatic nitrogens is 4. The van der Waals surface area contributed by atoms with Crippen LogP contribution in [-0.4, -0.2) is 45.7 Å². The molecule has 3 aromatic rings. The molecule has 0 atom stereocenters. The van der Waals surface area contributed by atoms with E-state index in [9.17, 15) is 0 Å². The monoisotopic (exact) mass is 405 g/mol. The third-order valence-corrected chi connectivity index (χ3v) is 5.08. The number of ether oxygens (including phenoxy) is 2. The van der Waals surface area contributed by atoms with Crippen LogP contribution in [0.1, 0.15) is 18.4 Å². The molecule has 0 amide bonds. The Morgan fingerprint density at radius 3 is 2.80 bits per heavy atom. The minimum Gasteiger partial charge on any atom is -0.484 e. The van der Waals surface area contributed by atoms with Gasteiger partial charge in [0.2, 0.25) is 0 Å². The molecule has 30 heavy (non-hydrogen) atoms. The normalized spacial score (nSPS) is 15.0. The molecule has 2 aliphatic rings. The van der Waals surface area contributed by atoms with Crippen LogP contribution in [0.15, 0.2) is 43.0 Å². The van der Waals surface area contributed by atoms with Crippen LogP contribution in [0.2, 0.25) is 0 Å². The lowest BCUT2D eigenvalue weighted by Gasteiger charge is -2.22. The molecule has 0 aromatic carbocycles. The van der Waals surface area contributed by atoms with Crippen LogP contribution < -0.4 is 25.6 Å². The Kier molecular flexibility index (Phi) is 5.02. The molecule has 0 unspecified atom stereocenters. The molecular formula is C21H23N7O2. The van der Waals surface area contributed by atoms with Crippen molar-refractivity contribution in [2.45, 2.75) is 25.3 Å². The summed E-state index contributed by atoms with van der Waals surface area (Å²) < 4.78 is 11.3. The zero-order valence-electron chi connectivity index (χ0n) is 16.5. The van der Waals surface area contributed by atoms with Crippen LogP contribution in [0.5, 0.6) is 11.6 Å². The van der Waals surface area contributed by atoms with Crippen molar-refractivity contribution in [3.63, 3.8) is 0 Å². The van der Waals surface area contributed by atoms with E-state index in [2.05, 4.69) is 25.3 Å². The maximum atomic E-state index is 6.28. The van der Waals surface area contributed by atoms with Crippen molar-refractivity contribution in [3.05, 3.63) is 48.5 Å². The Bertz CT molecular complexity index is 1020. The molecule has 0 radical (unpaired) electrons. The van der Waals surface area contributed by atoms with E-state index in [4.69, 9.17) is 15.3 Å². The van der Waals surface area contributed by atoms with E-state index in [0.717, 1.165) is 22.6 Å². The molecule has 9 nitrogen and oxygen atoms in total. The molecule has 0 spiro atoms. The molecule has 1 saturated carbocycles. The fourth-order valence-corrected chi connectivity index (χ4v) is 3.29. The van der Waals surface area contributed by atoms with Gasteiger partial charge in [-0.25, -0.2) is 25.8 Å². The first-order valence-electron chi connectivity index (χ1n) is 10.1. The van der Waals surface area contributed by atoms with Crippen LogP contribution >= 0.6 is 0 Å². The molecule has 1 aliphatic carbocycles. The van der Waals surface area contributed by atoms with E-state index >= 15 is 0 Å². The van der Waals surface area contributed by atoms with E-state index in [0.29, 0.717) is 49.7 Å². The van der Waals surface area contributed by atoms with E-state index in [1.54, 1.807) is 11.2 Å². The molecule has 9 heteroatoms. The van der Waals surface area contributed by atoms with E-state index in [-0.39, 0.29) is 0 Å². The largest absolute Gasteiger partial charge is 0.484 e. The molecule has 1 aliphatic heterocycles. The summed E-state index contributed by atoms with van der Waals surface area (Å²) in [5.41, 5.74) is 2.70. The van der Waals surface area contributed by atoms with Gasteiger partial charge in [0.15, 0.2) is 5.75 Å². The third kappa shape index (κ3) is 4.11. The number of rotatable bonds is 7. The Labute approximate surface area is 174 Å². The van der Waals surface area contributed by atoms with Crippen LogP contribution in [0.3, 0.4) is 0 Å². The maximum Gasteiger partial charge on any atom is 0.257 e. The van der Waals surface area contributed by atoms with Gasteiger partial charge >= 0.3 is 0 Å². The molecule has 3 aromatic heterocycles. The minimum atomic E-state index is 0.517. The number of nitrogens with two attached hydrogens (primary N) is 1. The first kappa shape index (κ1) is 18.6. The Hall–Kier alpha value is -3.46. The molecule has 4 heterocycles. The first-order chi connectivity index (χ1) is 14.8. The standard InChI is InChI=1S/C21H23N7O2/c22-28(8-6-14-5-7-23-21-20(14)29-9-10-30-21)19-11-17(25-13-26-19)15-1-4-18(24-12-15)27-16-2-3-16/h1,4-5,7,11-13,16H,2-3,6,8-10,22H2,(H,24,27). The van der Waals surface area contributed by atoms with Crippen LogP contribution in [0.4, 0.5) is 11.6 Å². The topological polar surface area (TPSA) is 111 Å². The molecule has 1 fully saturated rings. The second kappa shape index (κ2) is 8.11. The number of hydrogen-bond acceptors (Lipinski definition) is 9. The fourth-order valence-electron chi connectivity index (χ4n) is 3.29. The van der Waals surface area contributed by atoms with Gasteiger partial charge in [-0.2, -0.15) is 0 Å². The molecule has 5 rings (SSSR count). The lowest BCUT2D eigenvalue weighted by atomic mass is 10.1. The van der Waals surface area contributed by atoms with Crippen molar-refractivity contribution in [3.8, 4) is 22.9 Å². The molecule has 3 N–H and O–H groups in total. The Morgan fingerprint density at radius 2 is 1.97 bits per heavy atom. The summed E-state index contributed by atoms with van der Waals surface area (Å²) in [4.78, 5) is 17.4. The molecule has 154 valence electrons. The summed E-state index contributed by atoms with van der Waals surface area (Å²) in [6.45, 7) is 1.59. The van der Waals surface area contributed by atoms with Gasteiger partial charge in [-0.15, -0.1) is 0 Å². The van der Waals surface area contributed by atoms with Gasteiger partial charge in [-0.05, 0) is 37.5 Å². The first-order valence-corrected chi connectivity index (χ1v) is 10.1. The highest BCUT2D eigenvalue weighted by Crippen LogP contribution is 2.31. The summed E-state index contributed by atoms with van der Waals surface area (Å²) >= 11 is 0. The van der Waals surface area contributed by atoms with Crippen molar-refractivity contribution in [2.24, 2.45) is 5.84 Å². The second-order valence-corrected chi connectivity index (χ2v) is 7.36. The lowest BCUT2D eigenvalue weighted by Crippen LogP contribution is -2.34. The number of hydrogen-bond donors (Lipinski definition) is 2. The average Bonchev–Trinajstić information content (AvgIpc) is 3.62. The smallest absolute Gasteiger partial charge is 0.257 e. The highest BCUT2D eigenvalue weighted by Gasteiger charge is 2.21. The van der Waals surface area contributed by atoms with Gasteiger partial charge in [0, 0.05) is 42.2 Å². The Morgan fingerprint density at radius 1 is 1.07 bits per heavy atom. The van der Waals surface area contributed by atoms with E-state index in [1.165, 1.54) is 19.2 Å². The van der Waals surface area contributed by atoms with Crippen molar-refractivity contribution in [1.82, 2.24) is 19.9 Å². The average molecular weight is 405 g/mol. The highest BCUT2D eigenvalue weighted by atomic mass is 16.6. The van der Waals surface area contributed by atoms with Crippen LogP contribution in [0, 0.1) is 0 Å². The van der Waals surface area contributed by atoms with Crippen molar-refractivity contribution in [1.29, 1.82) is 0 Å². The van der Waals surface area contributed by atoms with Crippen molar-refractivity contribution < 1.29 is 9.47 Å². The summed E-state index contributed by atoms with van der Waals surface area (Å²) in [5.74, 6) is 9.05. The maximum absolute atomic E-state index is 6.28. The number of hydrazine groups is 1. The van der Waals surface area contributed by atoms with Gasteiger partial charge < -0.3 is 14.8 Å².